The average molecular weight is 463 g/mol. The fraction of sp³-hybridized carbons (Fsp3) is 0.444. The SMILES string of the molecule is O=C(CC1(NC(=O)OCC2c3ccccc3-c3ccccc32)CCC1)NC1(C(=O)O)CCCC1. The van der Waals surface area contributed by atoms with E-state index >= 15 is 0 Å². The Hall–Kier alpha value is -3.35. The molecule has 0 atom stereocenters. The molecule has 0 radical (unpaired) electrons. The topological polar surface area (TPSA) is 105 Å². The van der Waals surface area contributed by atoms with Gasteiger partial charge in [0.15, 0.2) is 0 Å². The highest BCUT2D eigenvalue weighted by Crippen LogP contribution is 2.44. The number of hydrogen-bond acceptors (Lipinski definition) is 4. The van der Waals surface area contributed by atoms with Crippen LogP contribution in [0.2, 0.25) is 0 Å². The molecule has 0 saturated heterocycles. The standard InChI is InChI=1S/C27H30N2O5/c30-23(28-27(24(31)32)14-5-6-15-27)16-26(12-7-13-26)29-25(33)34-17-22-20-10-3-1-8-18(20)19-9-2-4-11-21(19)22/h1-4,8-11,22H,5-7,12-17H2,(H,28,30)(H,29,33)(H,31,32). The molecule has 0 spiro atoms. The minimum atomic E-state index is -1.17. The number of ether oxygens (including phenoxy) is 1. The van der Waals surface area contributed by atoms with Crippen molar-refractivity contribution in [3.05, 3.63) is 59.7 Å². The van der Waals surface area contributed by atoms with E-state index in [0.29, 0.717) is 25.7 Å². The van der Waals surface area contributed by atoms with Crippen molar-refractivity contribution in [3.63, 3.8) is 0 Å². The molecule has 0 aromatic heterocycles. The lowest BCUT2D eigenvalue weighted by atomic mass is 9.74. The molecule has 0 unspecified atom stereocenters. The van der Waals surface area contributed by atoms with Gasteiger partial charge in [-0.1, -0.05) is 61.4 Å². The van der Waals surface area contributed by atoms with Gasteiger partial charge in [-0.25, -0.2) is 9.59 Å². The Morgan fingerprint density at radius 3 is 1.97 bits per heavy atom. The van der Waals surface area contributed by atoms with Gasteiger partial charge in [-0.3, -0.25) is 4.79 Å². The maximum Gasteiger partial charge on any atom is 0.407 e. The van der Waals surface area contributed by atoms with Crippen molar-refractivity contribution in [1.29, 1.82) is 0 Å². The van der Waals surface area contributed by atoms with Crippen LogP contribution >= 0.6 is 0 Å². The Labute approximate surface area is 198 Å². The van der Waals surface area contributed by atoms with E-state index in [2.05, 4.69) is 34.9 Å². The Morgan fingerprint density at radius 1 is 0.853 bits per heavy atom. The van der Waals surface area contributed by atoms with Crippen molar-refractivity contribution in [2.24, 2.45) is 0 Å². The predicted octanol–water partition coefficient (Wildman–Crippen LogP) is 4.35. The molecule has 2 fully saturated rings. The molecule has 2 aromatic rings. The molecule has 5 rings (SSSR count). The summed E-state index contributed by atoms with van der Waals surface area (Å²) in [4.78, 5) is 37.3. The van der Waals surface area contributed by atoms with Crippen LogP contribution in [-0.2, 0) is 14.3 Å². The summed E-state index contributed by atoms with van der Waals surface area (Å²) in [6.45, 7) is 0.213. The first-order valence-electron chi connectivity index (χ1n) is 12.1. The normalized spacial score (nSPS) is 19.4. The maximum absolute atomic E-state index is 12.8. The summed E-state index contributed by atoms with van der Waals surface area (Å²) in [5.41, 5.74) is 2.77. The minimum absolute atomic E-state index is 0.0309. The molecule has 0 aliphatic heterocycles. The lowest BCUT2D eigenvalue weighted by Crippen LogP contribution is -2.59. The highest BCUT2D eigenvalue weighted by atomic mass is 16.5. The number of aliphatic carboxylic acids is 1. The van der Waals surface area contributed by atoms with Crippen molar-refractivity contribution in [3.8, 4) is 11.1 Å². The molecule has 0 bridgehead atoms. The maximum atomic E-state index is 12.8. The van der Waals surface area contributed by atoms with Crippen LogP contribution in [0.25, 0.3) is 11.1 Å². The van der Waals surface area contributed by atoms with Crippen molar-refractivity contribution in [2.45, 2.75) is 68.4 Å². The van der Waals surface area contributed by atoms with Gasteiger partial charge in [0.25, 0.3) is 0 Å². The summed E-state index contributed by atoms with van der Waals surface area (Å²) >= 11 is 0. The Balaban J connectivity index is 1.21. The van der Waals surface area contributed by atoms with Gasteiger partial charge in [0.1, 0.15) is 12.1 Å². The number of carbonyl (C=O) groups excluding carboxylic acids is 2. The number of alkyl carbamates (subject to hydrolysis) is 1. The van der Waals surface area contributed by atoms with Gasteiger partial charge in [0, 0.05) is 12.3 Å². The molecule has 0 heterocycles. The smallest absolute Gasteiger partial charge is 0.407 e. The summed E-state index contributed by atoms with van der Waals surface area (Å²) in [6.07, 6.45) is 4.23. The van der Waals surface area contributed by atoms with Crippen LogP contribution in [0.1, 0.15) is 68.4 Å². The number of hydrogen-bond donors (Lipinski definition) is 3. The molecule has 34 heavy (non-hydrogen) atoms. The second kappa shape index (κ2) is 8.78. The molecular formula is C27H30N2O5. The van der Waals surface area contributed by atoms with E-state index < -0.39 is 23.1 Å². The van der Waals surface area contributed by atoms with Gasteiger partial charge in [-0.15, -0.1) is 0 Å². The van der Waals surface area contributed by atoms with Crippen LogP contribution in [0.4, 0.5) is 4.79 Å². The van der Waals surface area contributed by atoms with Crippen LogP contribution in [0.3, 0.4) is 0 Å². The molecule has 3 aliphatic carbocycles. The summed E-state index contributed by atoms with van der Waals surface area (Å²) in [5.74, 6) is -1.34. The fourth-order valence-electron chi connectivity index (χ4n) is 5.79. The van der Waals surface area contributed by atoms with Gasteiger partial charge >= 0.3 is 12.1 Å². The number of carboxylic acid groups (broad SMARTS) is 1. The Morgan fingerprint density at radius 2 is 1.44 bits per heavy atom. The van der Waals surface area contributed by atoms with Crippen molar-refractivity contribution in [1.82, 2.24) is 10.6 Å². The highest BCUT2D eigenvalue weighted by molar-refractivity contribution is 5.88. The van der Waals surface area contributed by atoms with E-state index in [1.54, 1.807) is 0 Å². The monoisotopic (exact) mass is 462 g/mol. The molecule has 178 valence electrons. The van der Waals surface area contributed by atoms with Gasteiger partial charge in [-0.2, -0.15) is 0 Å². The van der Waals surface area contributed by atoms with Crippen molar-refractivity contribution >= 4 is 18.0 Å². The van der Waals surface area contributed by atoms with Crippen LogP contribution in [0, 0.1) is 0 Å². The molecule has 2 saturated carbocycles. The summed E-state index contributed by atoms with van der Waals surface area (Å²) in [6, 6.07) is 16.3. The zero-order valence-electron chi connectivity index (χ0n) is 19.1. The molecular weight excluding hydrogens is 432 g/mol. The largest absolute Gasteiger partial charge is 0.480 e. The quantitative estimate of drug-likeness (QED) is 0.567. The first-order valence-corrected chi connectivity index (χ1v) is 12.1. The minimum Gasteiger partial charge on any atom is -0.480 e. The van der Waals surface area contributed by atoms with Crippen LogP contribution in [0.5, 0.6) is 0 Å². The summed E-state index contributed by atoms with van der Waals surface area (Å²) < 4.78 is 5.67. The van der Waals surface area contributed by atoms with Gasteiger partial charge < -0.3 is 20.5 Å². The van der Waals surface area contributed by atoms with Crippen LogP contribution < -0.4 is 10.6 Å². The highest BCUT2D eigenvalue weighted by Gasteiger charge is 2.46. The second-order valence-electron chi connectivity index (χ2n) is 9.90. The number of amides is 2. The third-order valence-corrected chi connectivity index (χ3v) is 7.77. The number of carboxylic acids is 1. The summed E-state index contributed by atoms with van der Waals surface area (Å²) in [5, 5.41) is 15.3. The Kier molecular flexibility index (Phi) is 5.80. The first-order chi connectivity index (χ1) is 16.4. The first kappa shape index (κ1) is 22.4. The number of fused-ring (bicyclic) bond motifs is 3. The second-order valence-corrected chi connectivity index (χ2v) is 9.90. The van der Waals surface area contributed by atoms with E-state index in [9.17, 15) is 19.5 Å². The van der Waals surface area contributed by atoms with Gasteiger partial charge in [-0.05, 0) is 54.4 Å². The average Bonchev–Trinajstić information content (AvgIpc) is 3.40. The van der Waals surface area contributed by atoms with Gasteiger partial charge in [0.05, 0.1) is 5.54 Å². The number of benzene rings is 2. The molecule has 2 aromatic carbocycles. The van der Waals surface area contributed by atoms with E-state index in [-0.39, 0.29) is 24.9 Å². The van der Waals surface area contributed by atoms with Gasteiger partial charge in [0.2, 0.25) is 5.91 Å². The Bertz CT molecular complexity index is 1070. The predicted molar refractivity (Wildman–Crippen MR) is 126 cm³/mol. The van der Waals surface area contributed by atoms with Crippen molar-refractivity contribution < 1.29 is 24.2 Å². The molecule has 7 nitrogen and oxygen atoms in total. The zero-order valence-corrected chi connectivity index (χ0v) is 19.1. The fourth-order valence-corrected chi connectivity index (χ4v) is 5.79. The third-order valence-electron chi connectivity index (χ3n) is 7.77. The molecule has 7 heteroatoms. The van der Waals surface area contributed by atoms with Crippen LogP contribution in [-0.4, -0.2) is 40.8 Å². The lowest BCUT2D eigenvalue weighted by Gasteiger charge is -2.42. The van der Waals surface area contributed by atoms with E-state index in [0.717, 1.165) is 30.4 Å². The number of rotatable bonds is 7. The number of nitrogens with one attached hydrogen (secondary N) is 2. The molecule has 2 amide bonds. The van der Waals surface area contributed by atoms with E-state index in [4.69, 9.17) is 4.74 Å². The summed E-state index contributed by atoms with van der Waals surface area (Å²) in [7, 11) is 0. The molecule has 3 N–H and O–H groups in total. The van der Waals surface area contributed by atoms with Crippen molar-refractivity contribution in [2.75, 3.05) is 6.61 Å². The van der Waals surface area contributed by atoms with E-state index in [1.165, 1.54) is 11.1 Å². The van der Waals surface area contributed by atoms with Crippen LogP contribution in [0.15, 0.2) is 48.5 Å². The third kappa shape index (κ3) is 4.04. The van der Waals surface area contributed by atoms with E-state index in [1.807, 2.05) is 24.3 Å². The zero-order chi connectivity index (χ0) is 23.8. The molecule has 3 aliphatic rings. The number of carbonyl (C=O) groups is 3. The lowest BCUT2D eigenvalue weighted by molar-refractivity contribution is -0.147.